The molecule has 1 fully saturated rings. The van der Waals surface area contributed by atoms with Crippen LogP contribution in [0.4, 0.5) is 5.69 Å². The Kier molecular flexibility index (Phi) is 10.6. The number of carbonyl (C=O) groups is 3. The Hall–Kier alpha value is -1.87. The minimum atomic E-state index is -0.304. The van der Waals surface area contributed by atoms with Crippen molar-refractivity contribution in [2.75, 3.05) is 31.1 Å². The van der Waals surface area contributed by atoms with Gasteiger partial charge in [-0.3, -0.25) is 14.4 Å². The van der Waals surface area contributed by atoms with Crippen LogP contribution in [-0.2, 0) is 16.1 Å². The highest BCUT2D eigenvalue weighted by Gasteiger charge is 2.40. The minimum Gasteiger partial charge on any atom is -0.371 e. The van der Waals surface area contributed by atoms with Gasteiger partial charge in [-0.2, -0.15) is 5.01 Å². The summed E-state index contributed by atoms with van der Waals surface area (Å²) in [4.78, 5) is 39.8. The van der Waals surface area contributed by atoms with Gasteiger partial charge in [0.15, 0.2) is 0 Å². The summed E-state index contributed by atoms with van der Waals surface area (Å²) in [6, 6.07) is 5.61. The second-order valence-corrected chi connectivity index (χ2v) is 7.24. The summed E-state index contributed by atoms with van der Waals surface area (Å²) in [5.74, 6) is -0.898. The number of halogens is 2. The number of hydrogen-bond acceptors (Lipinski definition) is 6. The maximum atomic E-state index is 13.0. The first-order valence-electron chi connectivity index (χ1n) is 10.0. The number of amides is 3. The van der Waals surface area contributed by atoms with Crippen LogP contribution in [0.2, 0.25) is 0 Å². The third kappa shape index (κ3) is 5.43. The molecule has 2 aliphatic heterocycles. The first-order chi connectivity index (χ1) is 13.6. The maximum Gasteiger partial charge on any atom is 0.273 e. The molecule has 10 heteroatoms. The van der Waals surface area contributed by atoms with E-state index in [9.17, 15) is 14.4 Å². The standard InChI is InChI=1S/C20H29N5O3.2ClH/c21-10-1-2-12-23(13-5-11-22)17-7-3-6-15-16(17)14-24(20(15)28)25-18(26)8-4-9-19(25)27;;/h3,6-7H,1-2,4-5,8-14,21-22H2;2*1H. The third-order valence-corrected chi connectivity index (χ3v) is 5.27. The molecule has 0 atom stereocenters. The highest BCUT2D eigenvalue weighted by Crippen LogP contribution is 2.34. The average Bonchev–Trinajstić information content (AvgIpc) is 3.01. The molecular formula is C20H31Cl2N5O3. The number of benzene rings is 1. The molecule has 0 unspecified atom stereocenters. The number of fused-ring (bicyclic) bond motifs is 1. The Morgan fingerprint density at radius 2 is 1.53 bits per heavy atom. The maximum absolute atomic E-state index is 13.0. The Morgan fingerprint density at radius 1 is 0.900 bits per heavy atom. The minimum absolute atomic E-state index is 0. The predicted octanol–water partition coefficient (Wildman–Crippen LogP) is 1.83. The lowest BCUT2D eigenvalue weighted by Gasteiger charge is -2.32. The van der Waals surface area contributed by atoms with Gasteiger partial charge in [0, 0.05) is 42.7 Å². The summed E-state index contributed by atoms with van der Waals surface area (Å²) in [6.45, 7) is 3.07. The summed E-state index contributed by atoms with van der Waals surface area (Å²) in [5.41, 5.74) is 13.7. The van der Waals surface area contributed by atoms with E-state index in [0.29, 0.717) is 37.9 Å². The quantitative estimate of drug-likeness (QED) is 0.430. The molecular weight excluding hydrogens is 429 g/mol. The van der Waals surface area contributed by atoms with Gasteiger partial charge in [-0.25, -0.2) is 5.01 Å². The number of anilines is 1. The molecule has 2 heterocycles. The number of unbranched alkanes of at least 4 members (excludes halogenated alkanes) is 1. The fourth-order valence-corrected chi connectivity index (χ4v) is 3.85. The molecule has 0 aliphatic carbocycles. The molecule has 0 radical (unpaired) electrons. The summed E-state index contributed by atoms with van der Waals surface area (Å²) < 4.78 is 0. The van der Waals surface area contributed by atoms with Crippen molar-refractivity contribution in [2.45, 2.75) is 45.1 Å². The lowest BCUT2D eigenvalue weighted by Crippen LogP contribution is -2.52. The Morgan fingerprint density at radius 3 is 2.17 bits per heavy atom. The van der Waals surface area contributed by atoms with Gasteiger partial charge in [-0.05, 0) is 50.9 Å². The number of carbonyl (C=O) groups excluding carboxylic acids is 3. The van der Waals surface area contributed by atoms with Gasteiger partial charge < -0.3 is 16.4 Å². The first-order valence-corrected chi connectivity index (χ1v) is 10.0. The van der Waals surface area contributed by atoms with E-state index in [0.717, 1.165) is 48.6 Å². The van der Waals surface area contributed by atoms with Gasteiger partial charge in [0.25, 0.3) is 5.91 Å². The van der Waals surface area contributed by atoms with Crippen molar-refractivity contribution in [1.29, 1.82) is 0 Å². The zero-order chi connectivity index (χ0) is 20.1. The van der Waals surface area contributed by atoms with Crippen LogP contribution in [0.5, 0.6) is 0 Å². The van der Waals surface area contributed by atoms with E-state index < -0.39 is 0 Å². The van der Waals surface area contributed by atoms with Crippen LogP contribution in [-0.4, -0.2) is 53.9 Å². The fourth-order valence-electron chi connectivity index (χ4n) is 3.85. The van der Waals surface area contributed by atoms with E-state index in [4.69, 9.17) is 11.5 Å². The van der Waals surface area contributed by atoms with E-state index in [1.165, 1.54) is 5.01 Å². The topological polar surface area (TPSA) is 113 Å². The Balaban J connectivity index is 0.00000225. The predicted molar refractivity (Wildman–Crippen MR) is 121 cm³/mol. The number of piperidine rings is 1. The fraction of sp³-hybridized carbons (Fsp3) is 0.550. The number of rotatable bonds is 9. The van der Waals surface area contributed by atoms with Crippen molar-refractivity contribution in [1.82, 2.24) is 10.0 Å². The number of nitrogens with two attached hydrogens (primary N) is 2. The van der Waals surface area contributed by atoms with Crippen LogP contribution in [0.15, 0.2) is 18.2 Å². The van der Waals surface area contributed by atoms with Crippen molar-refractivity contribution in [3.05, 3.63) is 29.3 Å². The molecule has 30 heavy (non-hydrogen) atoms. The Labute approximate surface area is 189 Å². The van der Waals surface area contributed by atoms with Crippen LogP contribution in [0.1, 0.15) is 54.4 Å². The van der Waals surface area contributed by atoms with E-state index in [2.05, 4.69) is 4.90 Å². The van der Waals surface area contributed by atoms with Crippen LogP contribution in [0.25, 0.3) is 0 Å². The lowest BCUT2D eigenvalue weighted by atomic mass is 10.1. The van der Waals surface area contributed by atoms with Crippen LogP contribution in [0.3, 0.4) is 0 Å². The third-order valence-electron chi connectivity index (χ3n) is 5.27. The van der Waals surface area contributed by atoms with Gasteiger partial charge in [-0.1, -0.05) is 6.07 Å². The number of imide groups is 1. The van der Waals surface area contributed by atoms with Gasteiger partial charge in [0.2, 0.25) is 11.8 Å². The summed E-state index contributed by atoms with van der Waals surface area (Å²) >= 11 is 0. The molecule has 4 N–H and O–H groups in total. The molecule has 1 aromatic carbocycles. The highest BCUT2D eigenvalue weighted by molar-refractivity contribution is 6.05. The zero-order valence-corrected chi connectivity index (χ0v) is 18.7. The van der Waals surface area contributed by atoms with E-state index in [1.807, 2.05) is 12.1 Å². The highest BCUT2D eigenvalue weighted by atomic mass is 35.5. The van der Waals surface area contributed by atoms with Crippen molar-refractivity contribution >= 4 is 48.2 Å². The second kappa shape index (κ2) is 12.1. The normalized spacial score (nSPS) is 15.6. The van der Waals surface area contributed by atoms with Crippen LogP contribution in [0, 0.1) is 0 Å². The molecule has 0 bridgehead atoms. The van der Waals surface area contributed by atoms with Gasteiger partial charge >= 0.3 is 0 Å². The number of nitrogens with zero attached hydrogens (tertiary/aromatic N) is 3. The molecule has 3 amide bonds. The van der Waals surface area contributed by atoms with E-state index in [1.54, 1.807) is 6.07 Å². The smallest absolute Gasteiger partial charge is 0.273 e. The van der Waals surface area contributed by atoms with Gasteiger partial charge in [0.05, 0.1) is 6.54 Å². The molecule has 0 spiro atoms. The number of hydrogen-bond donors (Lipinski definition) is 2. The summed E-state index contributed by atoms with van der Waals surface area (Å²) in [7, 11) is 0. The summed E-state index contributed by atoms with van der Waals surface area (Å²) in [6.07, 6.45) is 3.85. The first kappa shape index (κ1) is 26.2. The molecule has 1 saturated heterocycles. The zero-order valence-electron chi connectivity index (χ0n) is 17.0. The van der Waals surface area contributed by atoms with E-state index in [-0.39, 0.29) is 49.1 Å². The monoisotopic (exact) mass is 459 g/mol. The molecule has 0 aromatic heterocycles. The van der Waals surface area contributed by atoms with Crippen LogP contribution < -0.4 is 16.4 Å². The molecule has 1 aromatic rings. The van der Waals surface area contributed by atoms with Gasteiger partial charge in [0.1, 0.15) is 0 Å². The molecule has 2 aliphatic rings. The SMILES string of the molecule is Cl.Cl.NCCCCN(CCCN)c1cccc2c1CN(N1C(=O)CCCC1=O)C2=O. The lowest BCUT2D eigenvalue weighted by molar-refractivity contribution is -0.163. The average molecular weight is 460 g/mol. The van der Waals surface area contributed by atoms with Crippen molar-refractivity contribution in [3.63, 3.8) is 0 Å². The second-order valence-electron chi connectivity index (χ2n) is 7.24. The molecule has 8 nitrogen and oxygen atoms in total. The van der Waals surface area contributed by atoms with Crippen LogP contribution >= 0.6 is 24.8 Å². The van der Waals surface area contributed by atoms with Gasteiger partial charge in [-0.15, -0.1) is 24.8 Å². The van der Waals surface area contributed by atoms with E-state index >= 15 is 0 Å². The van der Waals surface area contributed by atoms with Crippen molar-refractivity contribution < 1.29 is 14.4 Å². The summed E-state index contributed by atoms with van der Waals surface area (Å²) in [5, 5.41) is 2.35. The van der Waals surface area contributed by atoms with Crippen molar-refractivity contribution in [3.8, 4) is 0 Å². The van der Waals surface area contributed by atoms with Crippen molar-refractivity contribution in [2.24, 2.45) is 11.5 Å². The Bertz CT molecular complexity index is 746. The molecule has 0 saturated carbocycles. The molecule has 168 valence electrons. The number of hydrazine groups is 1. The molecule has 3 rings (SSSR count). The largest absolute Gasteiger partial charge is 0.371 e.